The second kappa shape index (κ2) is 9.38. The molecule has 0 aliphatic carbocycles. The van der Waals surface area contributed by atoms with Crippen LogP contribution >= 0.6 is 11.3 Å². The van der Waals surface area contributed by atoms with Gasteiger partial charge in [-0.2, -0.15) is 0 Å². The molecule has 0 spiro atoms. The molecule has 2 aliphatic rings. The molecule has 2 aliphatic heterocycles. The Bertz CT molecular complexity index is 1100. The number of carbonyl (C=O) groups excluding carboxylic acids is 1. The molecule has 0 bridgehead atoms. The van der Waals surface area contributed by atoms with E-state index in [4.69, 9.17) is 14.5 Å². The van der Waals surface area contributed by atoms with Gasteiger partial charge in [-0.25, -0.2) is 19.2 Å². The van der Waals surface area contributed by atoms with Crippen LogP contribution in [0.4, 0.5) is 4.39 Å². The number of carbonyl (C=O) groups is 2. The minimum Gasteiger partial charge on any atom is -0.480 e. The van der Waals surface area contributed by atoms with E-state index in [9.17, 15) is 19.1 Å². The van der Waals surface area contributed by atoms with Crippen LogP contribution in [0.25, 0.3) is 0 Å². The van der Waals surface area contributed by atoms with Crippen LogP contribution in [0.3, 0.4) is 0 Å². The number of hydrogen-bond donors (Lipinski definition) is 2. The third kappa shape index (κ3) is 4.52. The van der Waals surface area contributed by atoms with Crippen molar-refractivity contribution >= 4 is 29.1 Å². The van der Waals surface area contributed by atoms with E-state index in [1.807, 2.05) is 0 Å². The number of halogens is 1. The van der Waals surface area contributed by atoms with Crippen molar-refractivity contribution in [1.82, 2.24) is 15.2 Å². The van der Waals surface area contributed by atoms with E-state index in [-0.39, 0.29) is 18.7 Å². The van der Waals surface area contributed by atoms with E-state index in [1.54, 1.807) is 35.5 Å². The number of morpholine rings is 1. The molecule has 0 amide bonds. The first-order chi connectivity index (χ1) is 15.8. The average Bonchev–Trinajstić information content (AvgIpc) is 3.34. The molecule has 9 nitrogen and oxygen atoms in total. The molecule has 2 atom stereocenters. The lowest BCUT2D eigenvalue weighted by molar-refractivity contribution is -0.149. The fourth-order valence-electron chi connectivity index (χ4n) is 4.03. The molecular formula is C22H23FN4O5S. The van der Waals surface area contributed by atoms with E-state index >= 15 is 0 Å². The molecule has 1 saturated heterocycles. The van der Waals surface area contributed by atoms with Crippen LogP contribution in [0, 0.1) is 5.82 Å². The quantitative estimate of drug-likeness (QED) is 0.609. The van der Waals surface area contributed by atoms with Gasteiger partial charge in [0.2, 0.25) is 0 Å². The maximum absolute atomic E-state index is 13.7. The summed E-state index contributed by atoms with van der Waals surface area (Å²) in [6.07, 6.45) is 1.64. The summed E-state index contributed by atoms with van der Waals surface area (Å²) < 4.78 is 24.1. The summed E-state index contributed by atoms with van der Waals surface area (Å²) in [6.45, 7) is 2.64. The Morgan fingerprint density at radius 1 is 1.39 bits per heavy atom. The Kier molecular flexibility index (Phi) is 6.54. The number of carboxylic acids is 1. The van der Waals surface area contributed by atoms with Crippen molar-refractivity contribution in [3.05, 3.63) is 63.5 Å². The summed E-state index contributed by atoms with van der Waals surface area (Å²) in [5, 5.41) is 15.2. The highest BCUT2D eigenvalue weighted by Gasteiger charge is 2.43. The number of nitrogens with zero attached hydrogens (tertiary/aromatic N) is 3. The number of esters is 1. The molecule has 33 heavy (non-hydrogen) atoms. The molecule has 2 aromatic rings. The number of hydrogen-bond acceptors (Lipinski definition) is 9. The van der Waals surface area contributed by atoms with Crippen LogP contribution in [-0.4, -0.2) is 72.2 Å². The Labute approximate surface area is 193 Å². The van der Waals surface area contributed by atoms with Gasteiger partial charge in [0.25, 0.3) is 0 Å². The lowest BCUT2D eigenvalue weighted by Gasteiger charge is -2.38. The zero-order chi connectivity index (χ0) is 23.6. The van der Waals surface area contributed by atoms with Crippen molar-refractivity contribution < 1.29 is 28.6 Å². The van der Waals surface area contributed by atoms with Crippen LogP contribution < -0.4 is 5.32 Å². The lowest BCUT2D eigenvalue weighted by Crippen LogP contribution is -2.53. The van der Waals surface area contributed by atoms with Gasteiger partial charge in [-0.3, -0.25) is 9.69 Å². The summed E-state index contributed by atoms with van der Waals surface area (Å²) in [5.74, 6) is -1.62. The number of thiazole rings is 1. The molecule has 0 saturated carbocycles. The van der Waals surface area contributed by atoms with Crippen molar-refractivity contribution in [1.29, 1.82) is 0 Å². The molecule has 1 fully saturated rings. The first kappa shape index (κ1) is 23.0. The van der Waals surface area contributed by atoms with Gasteiger partial charge in [0.1, 0.15) is 17.4 Å². The molecular weight excluding hydrogens is 451 g/mol. The Hall–Kier alpha value is -3.15. The maximum atomic E-state index is 13.7. The smallest absolute Gasteiger partial charge is 0.338 e. The lowest BCUT2D eigenvalue weighted by atomic mass is 9.82. The van der Waals surface area contributed by atoms with Crippen molar-refractivity contribution in [2.75, 3.05) is 33.4 Å². The zero-order valence-electron chi connectivity index (χ0n) is 18.1. The summed E-state index contributed by atoms with van der Waals surface area (Å²) in [7, 11) is 1.27. The molecule has 0 radical (unpaired) electrons. The minimum absolute atomic E-state index is 0.0405. The van der Waals surface area contributed by atoms with Crippen LogP contribution in [-0.2, 0) is 24.6 Å². The molecule has 1 aromatic heterocycles. The predicted octanol–water partition coefficient (Wildman–Crippen LogP) is 1.76. The summed E-state index contributed by atoms with van der Waals surface area (Å²) in [5.41, 5.74) is 0.0107. The zero-order valence-corrected chi connectivity index (χ0v) is 18.9. The van der Waals surface area contributed by atoms with Crippen LogP contribution in [0.1, 0.15) is 17.5 Å². The summed E-state index contributed by atoms with van der Waals surface area (Å²) >= 11 is 1.37. The average molecular weight is 475 g/mol. The van der Waals surface area contributed by atoms with E-state index in [1.165, 1.54) is 30.6 Å². The highest BCUT2D eigenvalue weighted by Crippen LogP contribution is 2.39. The first-order valence-corrected chi connectivity index (χ1v) is 11.1. The van der Waals surface area contributed by atoms with Crippen molar-refractivity contribution in [2.24, 2.45) is 4.99 Å². The first-order valence-electron chi connectivity index (χ1n) is 10.2. The minimum atomic E-state index is -1.23. The largest absolute Gasteiger partial charge is 0.480 e. The van der Waals surface area contributed by atoms with Gasteiger partial charge < -0.3 is 19.9 Å². The SMILES string of the molecule is COC(=O)C1=C(CN2CCOCC2C(=O)O)NC(c2nccs2)=N[C@@]1(C)c1ccc(F)cc1. The van der Waals surface area contributed by atoms with Gasteiger partial charge in [-0.15, -0.1) is 11.3 Å². The predicted molar refractivity (Wildman–Crippen MR) is 118 cm³/mol. The second-order valence-corrected chi connectivity index (χ2v) is 8.64. The number of benzene rings is 1. The van der Waals surface area contributed by atoms with E-state index in [2.05, 4.69) is 10.3 Å². The number of amidine groups is 1. The highest BCUT2D eigenvalue weighted by molar-refractivity contribution is 7.11. The number of aliphatic imine (C=N–C) groups is 1. The van der Waals surface area contributed by atoms with Gasteiger partial charge in [0.05, 0.1) is 25.9 Å². The third-order valence-electron chi connectivity index (χ3n) is 5.71. The monoisotopic (exact) mass is 474 g/mol. The molecule has 3 heterocycles. The number of methoxy groups -OCH3 is 1. The highest BCUT2D eigenvalue weighted by atomic mass is 32.1. The molecule has 1 unspecified atom stereocenters. The fourth-order valence-corrected chi connectivity index (χ4v) is 4.61. The summed E-state index contributed by atoms with van der Waals surface area (Å²) in [4.78, 5) is 35.7. The van der Waals surface area contributed by atoms with Crippen molar-refractivity contribution in [3.8, 4) is 0 Å². The van der Waals surface area contributed by atoms with Gasteiger partial charge in [-0.05, 0) is 24.6 Å². The maximum Gasteiger partial charge on any atom is 0.338 e. The molecule has 4 rings (SSSR count). The Morgan fingerprint density at radius 2 is 2.15 bits per heavy atom. The summed E-state index contributed by atoms with van der Waals surface area (Å²) in [6, 6.07) is 4.88. The van der Waals surface area contributed by atoms with Crippen LogP contribution in [0.15, 0.2) is 52.1 Å². The number of ether oxygens (including phenoxy) is 2. The number of aromatic nitrogens is 1. The van der Waals surface area contributed by atoms with E-state index in [0.29, 0.717) is 35.3 Å². The van der Waals surface area contributed by atoms with Gasteiger partial charge in [0.15, 0.2) is 10.8 Å². The standard InChI is InChI=1S/C22H23FN4O5S/c1-22(13-3-5-14(23)6-4-13)17(21(30)31-2)15(25-18(26-22)19-24-7-10-33-19)11-27-8-9-32-12-16(27)20(28)29/h3-7,10,16H,8-9,11-12H2,1-2H3,(H,25,26)(H,28,29)/t16?,22-/m0/s1. The number of carboxylic acid groups (broad SMARTS) is 1. The van der Waals surface area contributed by atoms with Crippen molar-refractivity contribution in [2.45, 2.75) is 18.5 Å². The molecule has 11 heteroatoms. The Morgan fingerprint density at radius 3 is 2.79 bits per heavy atom. The van der Waals surface area contributed by atoms with Crippen molar-refractivity contribution in [3.63, 3.8) is 0 Å². The number of rotatable bonds is 6. The number of nitrogens with one attached hydrogen (secondary N) is 1. The van der Waals surface area contributed by atoms with Gasteiger partial charge >= 0.3 is 11.9 Å². The second-order valence-electron chi connectivity index (χ2n) is 7.75. The fraction of sp³-hybridized carbons (Fsp3) is 0.364. The van der Waals surface area contributed by atoms with E-state index in [0.717, 1.165) is 0 Å². The molecule has 174 valence electrons. The Balaban J connectivity index is 1.85. The molecule has 2 N–H and O–H groups in total. The normalized spacial score (nSPS) is 23.6. The van der Waals surface area contributed by atoms with E-state index < -0.39 is 29.3 Å². The molecule has 1 aromatic carbocycles. The van der Waals surface area contributed by atoms with Crippen LogP contribution in [0.5, 0.6) is 0 Å². The van der Waals surface area contributed by atoms with Gasteiger partial charge in [-0.1, -0.05) is 12.1 Å². The van der Waals surface area contributed by atoms with Crippen LogP contribution in [0.2, 0.25) is 0 Å². The van der Waals surface area contributed by atoms with Gasteiger partial charge in [0, 0.05) is 30.4 Å². The topological polar surface area (TPSA) is 113 Å². The third-order valence-corrected chi connectivity index (χ3v) is 6.49. The number of aliphatic carboxylic acids is 1.